The van der Waals surface area contributed by atoms with E-state index < -0.39 is 0 Å². The van der Waals surface area contributed by atoms with Crippen molar-refractivity contribution in [3.05, 3.63) is 96.3 Å². The summed E-state index contributed by atoms with van der Waals surface area (Å²) in [6, 6.07) is 24.0. The molecule has 2 aromatic heterocycles. The standard InChI is InChI=1S/C25H14N2O/c28-25-19-8-4-3-7-18(19)22-23(25)21-17-6-2-1-5-15(17)9-10-20(21)27-24(22)16-11-13-26-14-12-16/h1-14H. The largest absolute Gasteiger partial charge is 0.289 e. The van der Waals surface area contributed by atoms with E-state index in [1.165, 1.54) is 0 Å². The molecule has 0 bridgehead atoms. The summed E-state index contributed by atoms with van der Waals surface area (Å²) < 4.78 is 0. The van der Waals surface area contributed by atoms with Gasteiger partial charge in [0.05, 0.1) is 11.2 Å². The van der Waals surface area contributed by atoms with E-state index in [4.69, 9.17) is 4.98 Å². The lowest BCUT2D eigenvalue weighted by molar-refractivity contribution is 0.104. The van der Waals surface area contributed by atoms with Gasteiger partial charge in [-0.1, -0.05) is 54.6 Å². The van der Waals surface area contributed by atoms with Crippen LogP contribution in [0.25, 0.3) is 44.1 Å². The van der Waals surface area contributed by atoms with Crippen LogP contribution in [0.5, 0.6) is 0 Å². The zero-order chi connectivity index (χ0) is 18.7. The Labute approximate surface area is 161 Å². The summed E-state index contributed by atoms with van der Waals surface area (Å²) in [7, 11) is 0. The van der Waals surface area contributed by atoms with Gasteiger partial charge < -0.3 is 0 Å². The maximum Gasteiger partial charge on any atom is 0.195 e. The molecule has 28 heavy (non-hydrogen) atoms. The maximum absolute atomic E-state index is 13.5. The van der Waals surface area contributed by atoms with Crippen molar-refractivity contribution in [3.8, 4) is 22.4 Å². The monoisotopic (exact) mass is 358 g/mol. The van der Waals surface area contributed by atoms with Crippen molar-refractivity contribution >= 4 is 27.5 Å². The third-order valence-electron chi connectivity index (χ3n) is 5.50. The summed E-state index contributed by atoms with van der Waals surface area (Å²) in [5, 5.41) is 3.11. The minimum atomic E-state index is 0.0738. The number of hydrogen-bond acceptors (Lipinski definition) is 3. The second-order valence-electron chi connectivity index (χ2n) is 7.00. The Balaban J connectivity index is 1.86. The summed E-state index contributed by atoms with van der Waals surface area (Å²) in [6.07, 6.45) is 3.52. The van der Waals surface area contributed by atoms with Crippen molar-refractivity contribution in [1.82, 2.24) is 9.97 Å². The zero-order valence-electron chi connectivity index (χ0n) is 14.9. The summed E-state index contributed by atoms with van der Waals surface area (Å²) in [6.45, 7) is 0. The van der Waals surface area contributed by atoms with Gasteiger partial charge in [-0.05, 0) is 34.5 Å². The van der Waals surface area contributed by atoms with E-state index in [1.807, 2.05) is 54.6 Å². The molecule has 0 radical (unpaired) electrons. The number of benzene rings is 3. The Bertz CT molecular complexity index is 1420. The third-order valence-corrected chi connectivity index (χ3v) is 5.50. The third kappa shape index (κ3) is 1.96. The molecule has 1 aliphatic carbocycles. The first-order valence-electron chi connectivity index (χ1n) is 9.23. The van der Waals surface area contributed by atoms with Crippen LogP contribution in [0.2, 0.25) is 0 Å². The number of carbonyl (C=O) groups is 1. The van der Waals surface area contributed by atoms with Crippen molar-refractivity contribution in [2.75, 3.05) is 0 Å². The average molecular weight is 358 g/mol. The minimum Gasteiger partial charge on any atom is -0.289 e. The molecule has 0 saturated heterocycles. The summed E-state index contributed by atoms with van der Waals surface area (Å²) in [5.74, 6) is 0.0738. The van der Waals surface area contributed by atoms with E-state index in [-0.39, 0.29) is 5.78 Å². The van der Waals surface area contributed by atoms with Crippen molar-refractivity contribution in [2.45, 2.75) is 0 Å². The Morgan fingerprint density at radius 2 is 1.43 bits per heavy atom. The number of pyridine rings is 2. The van der Waals surface area contributed by atoms with Crippen molar-refractivity contribution < 1.29 is 4.79 Å². The molecule has 0 N–H and O–H groups in total. The number of fused-ring (bicyclic) bond motifs is 7. The normalized spacial score (nSPS) is 12.4. The van der Waals surface area contributed by atoms with Gasteiger partial charge in [0.15, 0.2) is 5.78 Å². The Hall–Kier alpha value is -3.85. The predicted molar refractivity (Wildman–Crippen MR) is 111 cm³/mol. The number of aromatic nitrogens is 2. The van der Waals surface area contributed by atoms with E-state index >= 15 is 0 Å². The van der Waals surface area contributed by atoms with Gasteiger partial charge in [0.2, 0.25) is 0 Å². The SMILES string of the molecule is O=C1c2ccccc2-c2c(-c3ccncc3)nc3ccc4ccccc4c3c21. The lowest BCUT2D eigenvalue weighted by Gasteiger charge is -2.13. The number of hydrogen-bond donors (Lipinski definition) is 0. The first kappa shape index (κ1) is 15.2. The molecule has 3 aromatic carbocycles. The van der Waals surface area contributed by atoms with Gasteiger partial charge in [-0.3, -0.25) is 9.78 Å². The fourth-order valence-electron chi connectivity index (χ4n) is 4.28. The van der Waals surface area contributed by atoms with Gasteiger partial charge in [-0.25, -0.2) is 4.98 Å². The second-order valence-corrected chi connectivity index (χ2v) is 7.00. The topological polar surface area (TPSA) is 42.9 Å². The molecule has 0 fully saturated rings. The number of ketones is 1. The molecule has 0 spiro atoms. The lowest BCUT2D eigenvalue weighted by Crippen LogP contribution is -2.00. The van der Waals surface area contributed by atoms with Crippen LogP contribution in [-0.2, 0) is 0 Å². The van der Waals surface area contributed by atoms with E-state index in [2.05, 4.69) is 23.2 Å². The van der Waals surface area contributed by atoms with Crippen LogP contribution < -0.4 is 0 Å². The van der Waals surface area contributed by atoms with Crippen LogP contribution in [0, 0.1) is 0 Å². The van der Waals surface area contributed by atoms with E-state index in [9.17, 15) is 4.79 Å². The molecular formula is C25H14N2O. The van der Waals surface area contributed by atoms with E-state index in [0.717, 1.165) is 55.2 Å². The molecule has 0 amide bonds. The molecule has 130 valence electrons. The number of nitrogens with zero attached hydrogens (tertiary/aromatic N) is 2. The van der Waals surface area contributed by atoms with Crippen molar-refractivity contribution in [2.24, 2.45) is 0 Å². The number of rotatable bonds is 1. The first-order chi connectivity index (χ1) is 13.8. The van der Waals surface area contributed by atoms with Gasteiger partial charge in [-0.15, -0.1) is 0 Å². The van der Waals surface area contributed by atoms with Crippen LogP contribution in [0.4, 0.5) is 0 Å². The molecule has 3 nitrogen and oxygen atoms in total. The molecule has 1 aliphatic rings. The highest BCUT2D eigenvalue weighted by molar-refractivity contribution is 6.31. The Kier molecular flexibility index (Phi) is 3.03. The Morgan fingerprint density at radius 3 is 2.29 bits per heavy atom. The van der Waals surface area contributed by atoms with Gasteiger partial charge in [0.25, 0.3) is 0 Å². The molecule has 0 saturated carbocycles. The van der Waals surface area contributed by atoms with Gasteiger partial charge in [0.1, 0.15) is 0 Å². The fourth-order valence-corrected chi connectivity index (χ4v) is 4.28. The molecule has 5 aromatic rings. The van der Waals surface area contributed by atoms with Gasteiger partial charge in [0, 0.05) is 40.0 Å². The van der Waals surface area contributed by atoms with Gasteiger partial charge >= 0.3 is 0 Å². The minimum absolute atomic E-state index is 0.0738. The van der Waals surface area contributed by atoms with Gasteiger partial charge in [-0.2, -0.15) is 0 Å². The van der Waals surface area contributed by atoms with Crippen LogP contribution >= 0.6 is 0 Å². The molecular weight excluding hydrogens is 344 g/mol. The van der Waals surface area contributed by atoms with E-state index in [1.54, 1.807) is 12.4 Å². The molecule has 0 aliphatic heterocycles. The molecule has 0 atom stereocenters. The highest BCUT2D eigenvalue weighted by Crippen LogP contribution is 2.46. The Morgan fingerprint density at radius 1 is 0.679 bits per heavy atom. The highest BCUT2D eigenvalue weighted by atomic mass is 16.1. The molecule has 0 unspecified atom stereocenters. The van der Waals surface area contributed by atoms with Crippen molar-refractivity contribution in [3.63, 3.8) is 0 Å². The molecule has 2 heterocycles. The number of carbonyl (C=O) groups excluding carboxylic acids is 1. The summed E-state index contributed by atoms with van der Waals surface area (Å²) in [5.41, 5.74) is 6.02. The summed E-state index contributed by atoms with van der Waals surface area (Å²) >= 11 is 0. The average Bonchev–Trinajstić information content (AvgIpc) is 3.07. The molecule has 3 heteroatoms. The van der Waals surface area contributed by atoms with Crippen molar-refractivity contribution in [1.29, 1.82) is 0 Å². The van der Waals surface area contributed by atoms with Crippen LogP contribution in [0.15, 0.2) is 85.2 Å². The van der Waals surface area contributed by atoms with Crippen LogP contribution in [-0.4, -0.2) is 15.8 Å². The lowest BCUT2D eigenvalue weighted by atomic mass is 9.94. The van der Waals surface area contributed by atoms with Crippen LogP contribution in [0.3, 0.4) is 0 Å². The highest BCUT2D eigenvalue weighted by Gasteiger charge is 2.32. The zero-order valence-corrected chi connectivity index (χ0v) is 14.9. The van der Waals surface area contributed by atoms with E-state index in [0.29, 0.717) is 0 Å². The quantitative estimate of drug-likeness (QED) is 0.356. The second kappa shape index (κ2) is 5.57. The molecule has 6 rings (SSSR count). The predicted octanol–water partition coefficient (Wildman–Crippen LogP) is 5.66. The maximum atomic E-state index is 13.5. The smallest absolute Gasteiger partial charge is 0.195 e. The van der Waals surface area contributed by atoms with Crippen LogP contribution in [0.1, 0.15) is 15.9 Å². The summed E-state index contributed by atoms with van der Waals surface area (Å²) in [4.78, 5) is 22.6. The first-order valence-corrected chi connectivity index (χ1v) is 9.23. The fraction of sp³-hybridized carbons (Fsp3) is 0.